The molecule has 0 radical (unpaired) electrons. The van der Waals surface area contributed by atoms with E-state index < -0.39 is 18.0 Å². The highest BCUT2D eigenvalue weighted by Crippen LogP contribution is 2.35. The van der Waals surface area contributed by atoms with Crippen LogP contribution in [-0.4, -0.2) is 29.1 Å². The van der Waals surface area contributed by atoms with Crippen molar-refractivity contribution in [1.82, 2.24) is 9.05 Å². The number of aryl methyl sites for hydroxylation is 1. The molecule has 2 atom stereocenters. The summed E-state index contributed by atoms with van der Waals surface area (Å²) >= 11 is 0. The largest absolute Gasteiger partial charge is 0.452 e. The Morgan fingerprint density at radius 1 is 1.28 bits per heavy atom. The molecule has 2 aromatic rings. The second-order valence-electron chi connectivity index (χ2n) is 6.47. The van der Waals surface area contributed by atoms with Gasteiger partial charge in [-0.15, -0.1) is 4.99 Å². The van der Waals surface area contributed by atoms with Crippen LogP contribution in [0.5, 0.6) is 0 Å². The Morgan fingerprint density at radius 3 is 2.52 bits per heavy atom. The van der Waals surface area contributed by atoms with Gasteiger partial charge in [0.2, 0.25) is 0 Å². The molecule has 2 N–H and O–H groups in total. The maximum atomic E-state index is 13.2. The molecule has 0 aliphatic carbocycles. The summed E-state index contributed by atoms with van der Waals surface area (Å²) in [5.74, 6) is 0.217. The second-order valence-corrected chi connectivity index (χ2v) is 6.47. The molecule has 2 unspecified atom stereocenters. The van der Waals surface area contributed by atoms with Crippen LogP contribution in [0.4, 0.5) is 10.5 Å². The van der Waals surface area contributed by atoms with Gasteiger partial charge in [-0.05, 0) is 26.0 Å². The van der Waals surface area contributed by atoms with Gasteiger partial charge in [-0.3, -0.25) is 9.36 Å². The second kappa shape index (κ2) is 6.33. The van der Waals surface area contributed by atoms with Crippen molar-refractivity contribution in [2.45, 2.75) is 32.7 Å². The summed E-state index contributed by atoms with van der Waals surface area (Å²) in [6.45, 7) is 4.21. The fourth-order valence-corrected chi connectivity index (χ4v) is 3.54. The van der Waals surface area contributed by atoms with E-state index in [1.165, 1.54) is 0 Å². The number of nitrogens with two attached hydrogens (primary N) is 1. The summed E-state index contributed by atoms with van der Waals surface area (Å²) in [5, 5.41) is 0. The molecular formula is C18H23N4O3+. The summed E-state index contributed by atoms with van der Waals surface area (Å²) < 4.78 is 7.14. The third-order valence-electron chi connectivity index (χ3n) is 5.14. The molecule has 1 saturated heterocycles. The van der Waals surface area contributed by atoms with Crippen molar-refractivity contribution in [1.29, 1.82) is 0 Å². The standard InChI is InChI=1S/C18H22N4O3/c1-12-13(2)25-17(21(12)3)20-18(24)22(14-8-5-4-6-9-14)11-7-10-15(22)16(19)23/h4-6,8-9,15H,7,10-11H2,1-3H3,(H-,19,23)/p+1. The van der Waals surface area contributed by atoms with E-state index in [0.29, 0.717) is 18.7 Å². The van der Waals surface area contributed by atoms with Gasteiger partial charge in [0.1, 0.15) is 11.4 Å². The van der Waals surface area contributed by atoms with Gasteiger partial charge in [0.05, 0.1) is 12.2 Å². The van der Waals surface area contributed by atoms with Crippen LogP contribution in [0.3, 0.4) is 0 Å². The lowest BCUT2D eigenvalue weighted by Crippen LogP contribution is -2.61. The number of oxazole rings is 1. The third kappa shape index (κ3) is 2.70. The topological polar surface area (TPSA) is 90.6 Å². The summed E-state index contributed by atoms with van der Waals surface area (Å²) in [7, 11) is 1.79. The predicted molar refractivity (Wildman–Crippen MR) is 93.4 cm³/mol. The highest BCUT2D eigenvalue weighted by Gasteiger charge is 2.53. The van der Waals surface area contributed by atoms with Crippen molar-refractivity contribution in [3.8, 4) is 0 Å². The van der Waals surface area contributed by atoms with E-state index in [9.17, 15) is 9.59 Å². The number of likely N-dealkylation sites (tertiary alicyclic amines) is 1. The number of para-hydroxylation sites is 1. The van der Waals surface area contributed by atoms with Gasteiger partial charge in [0, 0.05) is 19.9 Å². The predicted octanol–water partition coefficient (Wildman–Crippen LogP) is 1.91. The number of primary amides is 1. The molecular weight excluding hydrogens is 320 g/mol. The minimum Gasteiger partial charge on any atom is -0.428 e. The van der Waals surface area contributed by atoms with Gasteiger partial charge in [-0.1, -0.05) is 18.2 Å². The van der Waals surface area contributed by atoms with Crippen LogP contribution in [0, 0.1) is 13.8 Å². The molecule has 0 spiro atoms. The van der Waals surface area contributed by atoms with E-state index in [2.05, 4.69) is 4.99 Å². The molecule has 0 saturated carbocycles. The highest BCUT2D eigenvalue weighted by atomic mass is 16.4. The highest BCUT2D eigenvalue weighted by molar-refractivity contribution is 5.96. The number of hydrogen-bond donors (Lipinski definition) is 1. The normalized spacial score (nSPS) is 23.8. The number of nitrogens with zero attached hydrogens (tertiary/aromatic N) is 3. The third-order valence-corrected chi connectivity index (χ3v) is 5.14. The summed E-state index contributed by atoms with van der Waals surface area (Å²) in [6.07, 6.45) is 1.29. The fourth-order valence-electron chi connectivity index (χ4n) is 3.54. The molecule has 132 valence electrons. The van der Waals surface area contributed by atoms with Crippen LogP contribution < -0.4 is 15.9 Å². The van der Waals surface area contributed by atoms with Crippen molar-refractivity contribution in [2.24, 2.45) is 17.8 Å². The molecule has 25 heavy (non-hydrogen) atoms. The molecule has 7 nitrogen and oxygen atoms in total. The van der Waals surface area contributed by atoms with Crippen molar-refractivity contribution < 1.29 is 14.0 Å². The van der Waals surface area contributed by atoms with E-state index >= 15 is 0 Å². The first-order valence-corrected chi connectivity index (χ1v) is 8.33. The van der Waals surface area contributed by atoms with Gasteiger partial charge in [-0.2, -0.15) is 4.48 Å². The SMILES string of the molecule is Cc1oc(=NC(=O)[N+]2(c3ccccc3)CCCC2C(N)=O)n(C)c1C. The Kier molecular flexibility index (Phi) is 4.34. The zero-order valence-corrected chi connectivity index (χ0v) is 14.7. The average Bonchev–Trinajstić information content (AvgIpc) is 3.15. The smallest absolute Gasteiger partial charge is 0.428 e. The van der Waals surface area contributed by atoms with Crippen LogP contribution in [0.25, 0.3) is 0 Å². The molecule has 7 heteroatoms. The molecule has 3 rings (SSSR count). The number of amides is 3. The zero-order chi connectivity index (χ0) is 18.2. The van der Waals surface area contributed by atoms with E-state index in [4.69, 9.17) is 10.2 Å². The molecule has 1 aliphatic rings. The molecule has 2 heterocycles. The Morgan fingerprint density at radius 2 is 1.96 bits per heavy atom. The summed E-state index contributed by atoms with van der Waals surface area (Å²) in [4.78, 5) is 29.5. The first-order chi connectivity index (χ1) is 11.9. The first-order valence-electron chi connectivity index (χ1n) is 8.33. The number of carbonyl (C=O) groups is 2. The van der Waals surface area contributed by atoms with Gasteiger partial charge in [0.25, 0.3) is 5.91 Å². The Labute approximate surface area is 146 Å². The fraction of sp³-hybridized carbons (Fsp3) is 0.389. The average molecular weight is 343 g/mol. The Hall–Kier alpha value is -2.67. The zero-order valence-electron chi connectivity index (χ0n) is 14.7. The summed E-state index contributed by atoms with van der Waals surface area (Å²) in [5.41, 5.74) is 7.46. The number of quaternary nitrogens is 1. The Balaban J connectivity index is 2.17. The molecule has 3 amide bonds. The lowest BCUT2D eigenvalue weighted by atomic mass is 10.1. The van der Waals surface area contributed by atoms with Crippen molar-refractivity contribution in [3.05, 3.63) is 47.5 Å². The lowest BCUT2D eigenvalue weighted by Gasteiger charge is -2.33. The van der Waals surface area contributed by atoms with Crippen LogP contribution in [-0.2, 0) is 11.8 Å². The van der Waals surface area contributed by atoms with E-state index in [1.807, 2.05) is 44.2 Å². The first kappa shape index (κ1) is 17.2. The minimum absolute atomic E-state index is 0.186. The maximum Gasteiger partial charge on any atom is 0.452 e. The molecule has 1 aromatic carbocycles. The lowest BCUT2D eigenvalue weighted by molar-refractivity contribution is -0.121. The van der Waals surface area contributed by atoms with E-state index in [-0.39, 0.29) is 10.2 Å². The maximum absolute atomic E-state index is 13.2. The van der Waals surface area contributed by atoms with Crippen molar-refractivity contribution in [2.75, 3.05) is 6.54 Å². The Bertz CT molecular complexity index is 881. The van der Waals surface area contributed by atoms with Crippen LogP contribution in [0.1, 0.15) is 24.3 Å². The monoisotopic (exact) mass is 343 g/mol. The number of urea groups is 1. The van der Waals surface area contributed by atoms with Gasteiger partial charge in [-0.25, -0.2) is 4.79 Å². The number of aromatic nitrogens is 1. The van der Waals surface area contributed by atoms with Gasteiger partial charge in [0.15, 0.2) is 6.04 Å². The molecule has 1 aromatic heterocycles. The molecule has 1 aliphatic heterocycles. The number of hydrogen-bond acceptors (Lipinski definition) is 3. The van der Waals surface area contributed by atoms with E-state index in [1.54, 1.807) is 11.6 Å². The number of carbonyl (C=O) groups excluding carboxylic acids is 2. The van der Waals surface area contributed by atoms with Crippen molar-refractivity contribution >= 4 is 17.6 Å². The minimum atomic E-state index is -0.624. The van der Waals surface area contributed by atoms with Crippen LogP contribution in [0.15, 0.2) is 39.7 Å². The molecule has 1 fully saturated rings. The van der Waals surface area contributed by atoms with Crippen LogP contribution in [0.2, 0.25) is 0 Å². The number of rotatable bonds is 2. The van der Waals surface area contributed by atoms with Gasteiger partial charge < -0.3 is 10.2 Å². The van der Waals surface area contributed by atoms with E-state index in [0.717, 1.165) is 17.8 Å². The molecule has 0 bridgehead atoms. The van der Waals surface area contributed by atoms with Crippen molar-refractivity contribution in [3.63, 3.8) is 0 Å². The summed E-state index contributed by atoms with van der Waals surface area (Å²) in [6, 6.07) is 8.19. The number of benzene rings is 1. The van der Waals surface area contributed by atoms with Gasteiger partial charge >= 0.3 is 11.7 Å². The quantitative estimate of drug-likeness (QED) is 0.845. The van der Waals surface area contributed by atoms with Crippen LogP contribution >= 0.6 is 0 Å².